The highest BCUT2D eigenvalue weighted by atomic mass is 35.5. The van der Waals surface area contributed by atoms with Crippen LogP contribution in [-0.4, -0.2) is 48.1 Å². The van der Waals surface area contributed by atoms with Gasteiger partial charge in [0.05, 0.1) is 15.2 Å². The van der Waals surface area contributed by atoms with Gasteiger partial charge in [0.2, 0.25) is 0 Å². The number of likely N-dealkylation sites (tertiary alicyclic amines) is 1. The number of carbonyl (C=O) groups excluding carboxylic acids is 1. The first-order valence-electron chi connectivity index (χ1n) is 7.89. The summed E-state index contributed by atoms with van der Waals surface area (Å²) < 4.78 is 25.8. The van der Waals surface area contributed by atoms with Crippen molar-refractivity contribution in [3.63, 3.8) is 0 Å². The topological polar surface area (TPSA) is 91.8 Å². The molecule has 1 aliphatic heterocycles. The summed E-state index contributed by atoms with van der Waals surface area (Å²) in [6, 6.07) is 13.0. The molecule has 0 bridgehead atoms. The Morgan fingerprint density at radius 2 is 1.65 bits per heavy atom. The van der Waals surface area contributed by atoms with Gasteiger partial charge in [-0.05, 0) is 30.7 Å². The van der Waals surface area contributed by atoms with Gasteiger partial charge in [0.25, 0.3) is 5.91 Å². The summed E-state index contributed by atoms with van der Waals surface area (Å²) in [6.45, 7) is -0.196. The van der Waals surface area contributed by atoms with E-state index in [9.17, 15) is 23.1 Å². The van der Waals surface area contributed by atoms with E-state index in [0.717, 1.165) is 4.90 Å². The molecule has 0 spiro atoms. The van der Waals surface area contributed by atoms with E-state index in [-0.39, 0.29) is 22.9 Å². The first-order valence-corrected chi connectivity index (χ1v) is 9.82. The van der Waals surface area contributed by atoms with Gasteiger partial charge in [0.1, 0.15) is 6.04 Å². The van der Waals surface area contributed by atoms with Crippen LogP contribution in [0.4, 0.5) is 0 Å². The summed E-state index contributed by atoms with van der Waals surface area (Å²) in [5.41, 5.74) is 0.314. The van der Waals surface area contributed by atoms with Gasteiger partial charge in [-0.25, -0.2) is 13.2 Å². The highest BCUT2D eigenvalue weighted by Crippen LogP contribution is 2.32. The number of sulfone groups is 1. The van der Waals surface area contributed by atoms with Crippen LogP contribution in [0, 0.1) is 0 Å². The van der Waals surface area contributed by atoms with E-state index >= 15 is 0 Å². The fourth-order valence-electron chi connectivity index (χ4n) is 3.08. The van der Waals surface area contributed by atoms with Crippen LogP contribution in [0.15, 0.2) is 59.5 Å². The Kier molecular flexibility index (Phi) is 5.02. The SMILES string of the molecule is O=C(O)[C@@H]1C[C@@H](S(=O)(=O)c2ccccc2Cl)CN1C(=O)c1ccccc1. The van der Waals surface area contributed by atoms with Gasteiger partial charge < -0.3 is 10.0 Å². The molecule has 0 saturated carbocycles. The molecule has 0 aliphatic carbocycles. The Hall–Kier alpha value is -2.38. The Bertz CT molecular complexity index is 945. The average molecular weight is 394 g/mol. The number of hydrogen-bond acceptors (Lipinski definition) is 4. The standard InChI is InChI=1S/C18H16ClNO5S/c19-14-8-4-5-9-16(14)26(24,25)13-10-15(18(22)23)20(11-13)17(21)12-6-2-1-3-7-12/h1-9,13,15H,10-11H2,(H,22,23)/t13-,15+/m1/s1. The summed E-state index contributed by atoms with van der Waals surface area (Å²) >= 11 is 6.00. The smallest absolute Gasteiger partial charge is 0.326 e. The van der Waals surface area contributed by atoms with Crippen molar-refractivity contribution in [3.8, 4) is 0 Å². The highest BCUT2D eigenvalue weighted by molar-refractivity contribution is 7.92. The first-order chi connectivity index (χ1) is 12.3. The van der Waals surface area contributed by atoms with Gasteiger partial charge in [0.15, 0.2) is 9.84 Å². The molecule has 1 amide bonds. The molecule has 26 heavy (non-hydrogen) atoms. The molecule has 0 aromatic heterocycles. The molecule has 6 nitrogen and oxygen atoms in total. The predicted molar refractivity (Wildman–Crippen MR) is 95.9 cm³/mol. The number of halogens is 1. The van der Waals surface area contributed by atoms with Crippen molar-refractivity contribution in [1.82, 2.24) is 4.90 Å². The maximum absolute atomic E-state index is 12.9. The summed E-state index contributed by atoms with van der Waals surface area (Å²) in [7, 11) is -3.87. The zero-order valence-electron chi connectivity index (χ0n) is 13.6. The molecule has 136 valence electrons. The van der Waals surface area contributed by atoms with Crippen LogP contribution in [0.3, 0.4) is 0 Å². The van der Waals surface area contributed by atoms with E-state index in [1.54, 1.807) is 42.5 Å². The van der Waals surface area contributed by atoms with Crippen molar-refractivity contribution >= 4 is 33.3 Å². The predicted octanol–water partition coefficient (Wildman–Crippen LogP) is 2.48. The van der Waals surface area contributed by atoms with Crippen molar-refractivity contribution in [2.24, 2.45) is 0 Å². The third kappa shape index (κ3) is 3.32. The van der Waals surface area contributed by atoms with Crippen LogP contribution in [0.25, 0.3) is 0 Å². The third-order valence-electron chi connectivity index (χ3n) is 4.41. The number of amides is 1. The molecule has 0 radical (unpaired) electrons. The molecule has 1 aliphatic rings. The summed E-state index contributed by atoms with van der Waals surface area (Å²) in [5, 5.41) is 8.52. The summed E-state index contributed by atoms with van der Waals surface area (Å²) in [5.74, 6) is -1.74. The molecular formula is C18H16ClNO5S. The van der Waals surface area contributed by atoms with Gasteiger partial charge in [-0.2, -0.15) is 0 Å². The second-order valence-corrected chi connectivity index (χ2v) is 8.61. The largest absolute Gasteiger partial charge is 0.480 e. The van der Waals surface area contributed by atoms with Gasteiger partial charge >= 0.3 is 5.97 Å². The number of rotatable bonds is 4. The van der Waals surface area contributed by atoms with Gasteiger partial charge in [-0.3, -0.25) is 4.79 Å². The average Bonchev–Trinajstić information content (AvgIpc) is 3.08. The van der Waals surface area contributed by atoms with E-state index in [1.165, 1.54) is 12.1 Å². The molecule has 0 unspecified atom stereocenters. The molecule has 1 fully saturated rings. The zero-order chi connectivity index (χ0) is 18.9. The second-order valence-electron chi connectivity index (χ2n) is 6.01. The van der Waals surface area contributed by atoms with Crippen molar-refractivity contribution < 1.29 is 23.1 Å². The van der Waals surface area contributed by atoms with E-state index in [0.29, 0.717) is 5.56 Å². The molecule has 3 rings (SSSR count). The first kappa shape index (κ1) is 18.4. The van der Waals surface area contributed by atoms with Crippen LogP contribution in [0.5, 0.6) is 0 Å². The van der Waals surface area contributed by atoms with Crippen molar-refractivity contribution in [1.29, 1.82) is 0 Å². The normalized spacial score (nSPS) is 20.1. The fourth-order valence-corrected chi connectivity index (χ4v) is 5.30. The van der Waals surface area contributed by atoms with Crippen molar-refractivity contribution in [3.05, 3.63) is 65.2 Å². The summed E-state index contributed by atoms with van der Waals surface area (Å²) in [6.07, 6.45) is -0.179. The van der Waals surface area contributed by atoms with E-state index in [1.807, 2.05) is 0 Å². The van der Waals surface area contributed by atoms with Crippen LogP contribution in [0.2, 0.25) is 5.02 Å². The number of nitrogens with zero attached hydrogens (tertiary/aromatic N) is 1. The lowest BCUT2D eigenvalue weighted by Crippen LogP contribution is -2.40. The number of benzene rings is 2. The Morgan fingerprint density at radius 3 is 2.27 bits per heavy atom. The quantitative estimate of drug-likeness (QED) is 0.861. The van der Waals surface area contributed by atoms with Gasteiger partial charge in [-0.1, -0.05) is 41.9 Å². The minimum atomic E-state index is -3.87. The number of hydrogen-bond donors (Lipinski definition) is 1. The molecule has 8 heteroatoms. The summed E-state index contributed by atoms with van der Waals surface area (Å²) in [4.78, 5) is 25.3. The van der Waals surface area contributed by atoms with Crippen molar-refractivity contribution in [2.45, 2.75) is 22.6 Å². The fraction of sp³-hybridized carbons (Fsp3) is 0.222. The molecule has 1 heterocycles. The minimum Gasteiger partial charge on any atom is -0.480 e. The molecule has 1 saturated heterocycles. The lowest BCUT2D eigenvalue weighted by atomic mass is 10.1. The lowest BCUT2D eigenvalue weighted by Gasteiger charge is -2.21. The number of carboxylic acid groups (broad SMARTS) is 1. The van der Waals surface area contributed by atoms with E-state index in [2.05, 4.69) is 0 Å². The van der Waals surface area contributed by atoms with Crippen LogP contribution in [0.1, 0.15) is 16.8 Å². The molecule has 2 atom stereocenters. The second kappa shape index (κ2) is 7.09. The van der Waals surface area contributed by atoms with Gasteiger partial charge in [0, 0.05) is 12.1 Å². The van der Waals surface area contributed by atoms with E-state index < -0.39 is 33.0 Å². The van der Waals surface area contributed by atoms with Crippen molar-refractivity contribution in [2.75, 3.05) is 6.54 Å². The Morgan fingerprint density at radius 1 is 1.04 bits per heavy atom. The zero-order valence-corrected chi connectivity index (χ0v) is 15.2. The van der Waals surface area contributed by atoms with Crippen LogP contribution >= 0.6 is 11.6 Å². The highest BCUT2D eigenvalue weighted by Gasteiger charge is 2.46. The molecule has 2 aromatic carbocycles. The third-order valence-corrected chi connectivity index (χ3v) is 7.04. The number of carboxylic acids is 1. The number of aliphatic carboxylic acids is 1. The van der Waals surface area contributed by atoms with Crippen LogP contribution < -0.4 is 0 Å². The molecule has 2 aromatic rings. The monoisotopic (exact) mass is 393 g/mol. The maximum Gasteiger partial charge on any atom is 0.326 e. The Labute approximate surface area is 155 Å². The number of carbonyl (C=O) groups is 2. The van der Waals surface area contributed by atoms with Crippen LogP contribution in [-0.2, 0) is 14.6 Å². The maximum atomic E-state index is 12.9. The molecular weight excluding hydrogens is 378 g/mol. The lowest BCUT2D eigenvalue weighted by molar-refractivity contribution is -0.141. The molecule has 1 N–H and O–H groups in total. The Balaban J connectivity index is 1.94. The van der Waals surface area contributed by atoms with Gasteiger partial charge in [-0.15, -0.1) is 0 Å². The van der Waals surface area contributed by atoms with E-state index in [4.69, 9.17) is 11.6 Å². The minimum absolute atomic E-state index is 0.0511.